The molecule has 1 fully saturated rings. The number of halogens is 2. The van der Waals surface area contributed by atoms with E-state index in [1.807, 2.05) is 57.2 Å². The van der Waals surface area contributed by atoms with Gasteiger partial charge in [0.05, 0.1) is 12.6 Å². The molecule has 0 amide bonds. The van der Waals surface area contributed by atoms with Gasteiger partial charge in [0.2, 0.25) is 0 Å². The van der Waals surface area contributed by atoms with E-state index in [0.717, 1.165) is 11.1 Å². The number of esters is 1. The van der Waals surface area contributed by atoms with E-state index in [1.165, 1.54) is 12.1 Å². The largest absolute Gasteiger partial charge is 0.459 e. The van der Waals surface area contributed by atoms with Gasteiger partial charge in [0.25, 0.3) is 0 Å². The molecule has 2 aromatic carbocycles. The average Bonchev–Trinajstić information content (AvgIpc) is 2.68. The highest BCUT2D eigenvalue weighted by Gasteiger charge is 2.31. The van der Waals surface area contributed by atoms with Crippen molar-refractivity contribution in [1.29, 1.82) is 0 Å². The smallest absolute Gasteiger partial charge is 0.320 e. The molecule has 1 unspecified atom stereocenters. The quantitative estimate of drug-likeness (QED) is 0.512. The van der Waals surface area contributed by atoms with Crippen LogP contribution in [0.4, 0.5) is 8.78 Å². The molecule has 0 aromatic heterocycles. The number of alkyl halides is 2. The van der Waals surface area contributed by atoms with Gasteiger partial charge in [-0.2, -0.15) is 8.78 Å². The lowest BCUT2D eigenvalue weighted by Crippen LogP contribution is -2.49. The van der Waals surface area contributed by atoms with E-state index < -0.39 is 10.9 Å². The lowest BCUT2D eigenvalue weighted by atomic mass is 9.95. The summed E-state index contributed by atoms with van der Waals surface area (Å²) in [4.78, 5) is 16.5. The van der Waals surface area contributed by atoms with Crippen molar-refractivity contribution < 1.29 is 18.3 Å². The number of piperazine rings is 1. The van der Waals surface area contributed by atoms with Crippen LogP contribution in [0.5, 0.6) is 0 Å². The Morgan fingerprint density at radius 3 is 2.19 bits per heavy atom. The Kier molecular flexibility index (Phi) is 7.39. The maximum Gasteiger partial charge on any atom is 0.320 e. The molecule has 1 atom stereocenters. The standard InChI is InChI=1S/C24H30F2N2O2S/c1-23(2,3)30-21(29)17-27-12-14-28(15-13-27)22(18-8-5-4-6-9-18)19-10-7-11-20(16-19)24(25,26)31/h4-11,16,22,31H,12-15,17H2,1-3H3. The average molecular weight is 449 g/mol. The van der Waals surface area contributed by atoms with Crippen LogP contribution in [0.1, 0.15) is 43.5 Å². The van der Waals surface area contributed by atoms with Gasteiger partial charge in [0.1, 0.15) is 5.60 Å². The first-order chi connectivity index (χ1) is 14.5. The number of benzene rings is 2. The van der Waals surface area contributed by atoms with Crippen LogP contribution in [0.25, 0.3) is 0 Å². The summed E-state index contributed by atoms with van der Waals surface area (Å²) in [5.74, 6) is -0.232. The molecule has 0 saturated carbocycles. The molecule has 1 aliphatic heterocycles. The fourth-order valence-electron chi connectivity index (χ4n) is 3.88. The van der Waals surface area contributed by atoms with Crippen LogP contribution in [0.2, 0.25) is 0 Å². The summed E-state index contributed by atoms with van der Waals surface area (Å²) >= 11 is 3.45. The predicted molar refractivity (Wildman–Crippen MR) is 121 cm³/mol. The molecule has 3 rings (SSSR count). The van der Waals surface area contributed by atoms with E-state index in [9.17, 15) is 13.6 Å². The number of rotatable bonds is 6. The van der Waals surface area contributed by atoms with Crippen molar-refractivity contribution in [3.63, 3.8) is 0 Å². The first-order valence-corrected chi connectivity index (χ1v) is 10.9. The summed E-state index contributed by atoms with van der Waals surface area (Å²) in [6.45, 7) is 8.65. The molecule has 168 valence electrons. The molecule has 0 spiro atoms. The van der Waals surface area contributed by atoms with Gasteiger partial charge in [0.15, 0.2) is 0 Å². The molecule has 1 heterocycles. The predicted octanol–water partition coefficient (Wildman–Crippen LogP) is 4.71. The van der Waals surface area contributed by atoms with Gasteiger partial charge in [-0.15, -0.1) is 12.6 Å². The molecule has 4 nitrogen and oxygen atoms in total. The van der Waals surface area contributed by atoms with Crippen LogP contribution < -0.4 is 0 Å². The minimum Gasteiger partial charge on any atom is -0.459 e. The van der Waals surface area contributed by atoms with Crippen molar-refractivity contribution in [3.8, 4) is 0 Å². The molecule has 1 aliphatic rings. The molecule has 0 N–H and O–H groups in total. The van der Waals surface area contributed by atoms with Gasteiger partial charge in [0, 0.05) is 31.7 Å². The normalized spacial score (nSPS) is 17.4. The summed E-state index contributed by atoms with van der Waals surface area (Å²) in [5.41, 5.74) is 1.23. The maximum atomic E-state index is 13.8. The second-order valence-corrected chi connectivity index (χ2v) is 9.44. The molecule has 0 bridgehead atoms. The number of nitrogens with zero attached hydrogens (tertiary/aromatic N) is 2. The van der Waals surface area contributed by atoms with Crippen molar-refractivity contribution in [2.75, 3.05) is 32.7 Å². The Morgan fingerprint density at radius 1 is 1.00 bits per heavy atom. The Labute approximate surface area is 188 Å². The lowest BCUT2D eigenvalue weighted by molar-refractivity contribution is -0.156. The van der Waals surface area contributed by atoms with E-state index in [0.29, 0.717) is 26.2 Å². The van der Waals surface area contributed by atoms with Gasteiger partial charge >= 0.3 is 11.2 Å². The van der Waals surface area contributed by atoms with Crippen LogP contribution in [0, 0.1) is 0 Å². The fourth-order valence-corrected chi connectivity index (χ4v) is 4.02. The van der Waals surface area contributed by atoms with Crippen molar-refractivity contribution in [2.45, 2.75) is 37.7 Å². The Bertz CT molecular complexity index is 873. The third-order valence-electron chi connectivity index (χ3n) is 5.21. The molecular formula is C24H30F2N2O2S. The molecule has 0 radical (unpaired) electrons. The second kappa shape index (κ2) is 9.67. The summed E-state index contributed by atoms with van der Waals surface area (Å²) < 4.78 is 33.1. The fraction of sp³-hybridized carbons (Fsp3) is 0.458. The maximum absolute atomic E-state index is 13.8. The highest BCUT2D eigenvalue weighted by molar-refractivity contribution is 7.81. The number of carbonyl (C=O) groups is 1. The van der Waals surface area contributed by atoms with Crippen LogP contribution in [-0.2, 0) is 14.8 Å². The highest BCUT2D eigenvalue weighted by Crippen LogP contribution is 2.36. The van der Waals surface area contributed by atoms with Gasteiger partial charge in [-0.25, -0.2) is 0 Å². The van der Waals surface area contributed by atoms with Gasteiger partial charge in [-0.1, -0.05) is 48.5 Å². The second-order valence-electron chi connectivity index (χ2n) is 8.88. The number of ether oxygens (including phenoxy) is 1. The molecule has 0 aliphatic carbocycles. The molecule has 2 aromatic rings. The Hall–Kier alpha value is -1.96. The summed E-state index contributed by atoms with van der Waals surface area (Å²) in [6, 6.07) is 16.2. The number of thiol groups is 1. The van der Waals surface area contributed by atoms with E-state index >= 15 is 0 Å². The monoisotopic (exact) mass is 448 g/mol. The number of carbonyl (C=O) groups excluding carboxylic acids is 1. The zero-order valence-corrected chi connectivity index (χ0v) is 19.1. The zero-order valence-electron chi connectivity index (χ0n) is 18.2. The van der Waals surface area contributed by atoms with Crippen LogP contribution in [-0.4, -0.2) is 54.1 Å². The molecular weight excluding hydrogens is 418 g/mol. The summed E-state index contributed by atoms with van der Waals surface area (Å²) in [6.07, 6.45) is 0. The topological polar surface area (TPSA) is 32.8 Å². The van der Waals surface area contributed by atoms with Crippen LogP contribution >= 0.6 is 12.6 Å². The first-order valence-electron chi connectivity index (χ1n) is 10.5. The zero-order chi connectivity index (χ0) is 22.6. The van der Waals surface area contributed by atoms with Crippen LogP contribution in [0.3, 0.4) is 0 Å². The van der Waals surface area contributed by atoms with E-state index in [-0.39, 0.29) is 24.1 Å². The number of hydrogen-bond acceptors (Lipinski definition) is 5. The van der Waals surface area contributed by atoms with E-state index in [1.54, 1.807) is 6.07 Å². The van der Waals surface area contributed by atoms with Crippen molar-refractivity contribution in [2.24, 2.45) is 0 Å². The summed E-state index contributed by atoms with van der Waals surface area (Å²) in [7, 11) is 0. The van der Waals surface area contributed by atoms with Crippen molar-refractivity contribution >= 4 is 18.6 Å². The molecule has 31 heavy (non-hydrogen) atoms. The SMILES string of the molecule is CC(C)(C)OC(=O)CN1CCN(C(c2ccccc2)c2cccc(C(F)(F)S)c2)CC1. The summed E-state index contributed by atoms with van der Waals surface area (Å²) in [5, 5.41) is -3.19. The minimum absolute atomic E-state index is 0.113. The molecule has 7 heteroatoms. The van der Waals surface area contributed by atoms with Crippen molar-refractivity contribution in [3.05, 3.63) is 71.3 Å². The minimum atomic E-state index is -3.19. The van der Waals surface area contributed by atoms with E-state index in [4.69, 9.17) is 4.74 Å². The third kappa shape index (κ3) is 6.76. The van der Waals surface area contributed by atoms with Crippen molar-refractivity contribution in [1.82, 2.24) is 9.80 Å². The Morgan fingerprint density at radius 2 is 1.61 bits per heavy atom. The highest BCUT2D eigenvalue weighted by atomic mass is 32.1. The number of hydrogen-bond donors (Lipinski definition) is 1. The van der Waals surface area contributed by atoms with E-state index in [2.05, 4.69) is 22.4 Å². The third-order valence-corrected chi connectivity index (χ3v) is 5.47. The Balaban J connectivity index is 1.76. The van der Waals surface area contributed by atoms with Gasteiger partial charge < -0.3 is 4.74 Å². The van der Waals surface area contributed by atoms with Gasteiger partial charge in [-0.3, -0.25) is 14.6 Å². The lowest BCUT2D eigenvalue weighted by Gasteiger charge is -2.39. The molecule has 1 saturated heterocycles. The first kappa shape index (κ1) is 23.7. The van der Waals surface area contributed by atoms with Crippen LogP contribution in [0.15, 0.2) is 54.6 Å². The van der Waals surface area contributed by atoms with Gasteiger partial charge in [-0.05, 0) is 38.0 Å².